The van der Waals surface area contributed by atoms with Crippen molar-refractivity contribution in [3.05, 3.63) is 66.5 Å². The maximum absolute atomic E-state index is 12.4. The van der Waals surface area contributed by atoms with E-state index in [0.29, 0.717) is 17.1 Å². The summed E-state index contributed by atoms with van der Waals surface area (Å²) < 4.78 is 28.7. The first-order valence-corrected chi connectivity index (χ1v) is 8.43. The fraction of sp³-hybridized carbons (Fsp3) is 0.0625. The molecule has 0 amide bonds. The van der Waals surface area contributed by atoms with Gasteiger partial charge in [-0.15, -0.1) is 0 Å². The lowest BCUT2D eigenvalue weighted by molar-refractivity contribution is 0.601. The third-order valence-corrected chi connectivity index (χ3v) is 4.75. The molecule has 1 heterocycles. The summed E-state index contributed by atoms with van der Waals surface area (Å²) in [6.07, 6.45) is 3.02. The van der Waals surface area contributed by atoms with Crippen LogP contribution in [0.2, 0.25) is 0 Å². The maximum Gasteiger partial charge on any atom is 0.261 e. The highest BCUT2D eigenvalue weighted by Crippen LogP contribution is 2.20. The van der Waals surface area contributed by atoms with Crippen molar-refractivity contribution in [1.82, 2.24) is 9.78 Å². The zero-order chi connectivity index (χ0) is 16.4. The lowest BCUT2D eigenvalue weighted by Crippen LogP contribution is -2.12. The molecule has 0 aliphatic carbocycles. The summed E-state index contributed by atoms with van der Waals surface area (Å²) in [5.41, 5.74) is 8.51. The number of hydrogen-bond acceptors (Lipinski definition) is 4. The van der Waals surface area contributed by atoms with Gasteiger partial charge in [0, 0.05) is 0 Å². The van der Waals surface area contributed by atoms with E-state index in [1.54, 1.807) is 42.6 Å². The highest BCUT2D eigenvalue weighted by molar-refractivity contribution is 7.92. The average Bonchev–Trinajstić information content (AvgIpc) is 2.95. The molecular formula is C16H16N4O2S. The highest BCUT2D eigenvalue weighted by atomic mass is 32.2. The second-order valence-electron chi connectivity index (χ2n) is 5.15. The molecule has 1 aromatic heterocycles. The number of hydrogen-bond donors (Lipinski definition) is 2. The second-order valence-corrected chi connectivity index (χ2v) is 6.83. The topological polar surface area (TPSA) is 90.0 Å². The van der Waals surface area contributed by atoms with E-state index < -0.39 is 10.0 Å². The van der Waals surface area contributed by atoms with Crippen LogP contribution in [0.15, 0.2) is 65.8 Å². The summed E-state index contributed by atoms with van der Waals surface area (Å²) in [4.78, 5) is 0.204. The highest BCUT2D eigenvalue weighted by Gasteiger charge is 2.15. The summed E-state index contributed by atoms with van der Waals surface area (Å²) in [7, 11) is -3.64. The van der Waals surface area contributed by atoms with Crippen LogP contribution in [0.3, 0.4) is 0 Å². The average molecular weight is 328 g/mol. The Morgan fingerprint density at radius 1 is 1.09 bits per heavy atom. The molecule has 6 nitrogen and oxygen atoms in total. The van der Waals surface area contributed by atoms with Crippen LogP contribution in [-0.4, -0.2) is 18.2 Å². The Bertz CT molecular complexity index is 931. The smallest absolute Gasteiger partial charge is 0.261 e. The SMILES string of the molecule is Cc1ccc(S(=O)(=O)Nc2cnn(-c3ccccc3N)c2)cc1. The van der Waals surface area contributed by atoms with Crippen LogP contribution < -0.4 is 10.5 Å². The zero-order valence-corrected chi connectivity index (χ0v) is 13.3. The molecule has 0 aliphatic heterocycles. The van der Waals surface area contributed by atoms with Crippen molar-refractivity contribution in [2.75, 3.05) is 10.5 Å². The standard InChI is InChI=1S/C16H16N4O2S/c1-12-6-8-14(9-7-12)23(21,22)19-13-10-18-20(11-13)16-5-3-2-4-15(16)17/h2-11,19H,17H2,1H3. The number of nitrogens with zero attached hydrogens (tertiary/aromatic N) is 2. The van der Waals surface area contributed by atoms with E-state index in [1.165, 1.54) is 10.9 Å². The summed E-state index contributed by atoms with van der Waals surface area (Å²) >= 11 is 0. The first-order chi connectivity index (χ1) is 11.0. The number of rotatable bonds is 4. The van der Waals surface area contributed by atoms with Crippen LogP contribution in [0.25, 0.3) is 5.69 Å². The molecule has 0 aliphatic rings. The van der Waals surface area contributed by atoms with Crippen molar-refractivity contribution in [2.24, 2.45) is 0 Å². The number of para-hydroxylation sites is 2. The van der Waals surface area contributed by atoms with Gasteiger partial charge in [0.25, 0.3) is 10.0 Å². The Balaban J connectivity index is 1.87. The van der Waals surface area contributed by atoms with Crippen LogP contribution in [0.4, 0.5) is 11.4 Å². The molecule has 0 radical (unpaired) electrons. The van der Waals surface area contributed by atoms with Gasteiger partial charge in [-0.2, -0.15) is 5.10 Å². The number of nitrogen functional groups attached to an aromatic ring is 1. The van der Waals surface area contributed by atoms with E-state index in [9.17, 15) is 8.42 Å². The molecule has 118 valence electrons. The largest absolute Gasteiger partial charge is 0.397 e. The number of benzene rings is 2. The molecule has 2 aromatic carbocycles. The van der Waals surface area contributed by atoms with Crippen LogP contribution in [0, 0.1) is 6.92 Å². The van der Waals surface area contributed by atoms with E-state index in [0.717, 1.165) is 5.56 Å². The summed E-state index contributed by atoms with van der Waals surface area (Å²) in [5.74, 6) is 0. The number of nitrogens with one attached hydrogen (secondary N) is 1. The fourth-order valence-corrected chi connectivity index (χ4v) is 3.16. The molecule has 3 aromatic rings. The minimum absolute atomic E-state index is 0.204. The van der Waals surface area contributed by atoms with Crippen molar-refractivity contribution in [3.8, 4) is 5.69 Å². The van der Waals surface area contributed by atoms with Gasteiger partial charge in [-0.1, -0.05) is 29.8 Å². The third-order valence-electron chi connectivity index (χ3n) is 3.35. The molecule has 0 unspecified atom stereocenters. The van der Waals surface area contributed by atoms with E-state index in [-0.39, 0.29) is 4.90 Å². The number of nitrogens with two attached hydrogens (primary N) is 1. The molecule has 0 atom stereocenters. The van der Waals surface area contributed by atoms with Gasteiger partial charge < -0.3 is 5.73 Å². The third kappa shape index (κ3) is 3.19. The van der Waals surface area contributed by atoms with E-state index in [2.05, 4.69) is 9.82 Å². The quantitative estimate of drug-likeness (QED) is 0.720. The minimum atomic E-state index is -3.64. The molecular weight excluding hydrogens is 312 g/mol. The van der Waals surface area contributed by atoms with Gasteiger partial charge in [0.15, 0.2) is 0 Å². The number of anilines is 2. The molecule has 0 saturated heterocycles. The Morgan fingerprint density at radius 3 is 2.48 bits per heavy atom. The van der Waals surface area contributed by atoms with E-state index >= 15 is 0 Å². The monoisotopic (exact) mass is 328 g/mol. The van der Waals surface area contributed by atoms with Gasteiger partial charge in [0.2, 0.25) is 0 Å². The molecule has 7 heteroatoms. The van der Waals surface area contributed by atoms with Gasteiger partial charge in [-0.25, -0.2) is 13.1 Å². The predicted octanol–water partition coefficient (Wildman–Crippen LogP) is 2.56. The zero-order valence-electron chi connectivity index (χ0n) is 12.5. The first kappa shape index (κ1) is 15.1. The Kier molecular flexibility index (Phi) is 3.79. The van der Waals surface area contributed by atoms with Gasteiger partial charge in [0.05, 0.1) is 34.4 Å². The summed E-state index contributed by atoms with van der Waals surface area (Å²) in [6, 6.07) is 13.9. The normalized spacial score (nSPS) is 11.3. The predicted molar refractivity (Wildman–Crippen MR) is 90.0 cm³/mol. The van der Waals surface area contributed by atoms with Crippen LogP contribution in [-0.2, 0) is 10.0 Å². The molecule has 3 N–H and O–H groups in total. The summed E-state index contributed by atoms with van der Waals surface area (Å²) in [5, 5.41) is 4.15. The maximum atomic E-state index is 12.4. The molecule has 23 heavy (non-hydrogen) atoms. The Labute approximate surface area is 134 Å². The molecule has 0 bridgehead atoms. The number of aromatic nitrogens is 2. The minimum Gasteiger partial charge on any atom is -0.397 e. The Morgan fingerprint density at radius 2 is 1.78 bits per heavy atom. The van der Waals surface area contributed by atoms with Crippen molar-refractivity contribution in [3.63, 3.8) is 0 Å². The van der Waals surface area contributed by atoms with Crippen LogP contribution >= 0.6 is 0 Å². The van der Waals surface area contributed by atoms with E-state index in [4.69, 9.17) is 5.73 Å². The second kappa shape index (κ2) is 5.77. The molecule has 3 rings (SSSR count). The van der Waals surface area contributed by atoms with Gasteiger partial charge in [0.1, 0.15) is 0 Å². The van der Waals surface area contributed by atoms with Crippen LogP contribution in [0.5, 0.6) is 0 Å². The van der Waals surface area contributed by atoms with Crippen molar-refractivity contribution in [2.45, 2.75) is 11.8 Å². The molecule has 0 fully saturated rings. The van der Waals surface area contributed by atoms with Gasteiger partial charge in [-0.3, -0.25) is 4.72 Å². The van der Waals surface area contributed by atoms with Gasteiger partial charge in [-0.05, 0) is 31.2 Å². The van der Waals surface area contributed by atoms with Gasteiger partial charge >= 0.3 is 0 Å². The van der Waals surface area contributed by atoms with Crippen LogP contribution in [0.1, 0.15) is 5.56 Å². The lowest BCUT2D eigenvalue weighted by Gasteiger charge is -2.06. The lowest BCUT2D eigenvalue weighted by atomic mass is 10.2. The van der Waals surface area contributed by atoms with Crippen molar-refractivity contribution >= 4 is 21.4 Å². The van der Waals surface area contributed by atoms with E-state index in [1.807, 2.05) is 19.1 Å². The molecule has 0 spiro atoms. The van der Waals surface area contributed by atoms with Crippen molar-refractivity contribution in [1.29, 1.82) is 0 Å². The Hall–Kier alpha value is -2.80. The van der Waals surface area contributed by atoms with Crippen molar-refractivity contribution < 1.29 is 8.42 Å². The molecule has 0 saturated carbocycles. The first-order valence-electron chi connectivity index (χ1n) is 6.95. The number of sulfonamides is 1. The fourth-order valence-electron chi connectivity index (χ4n) is 2.13. The number of aryl methyl sites for hydroxylation is 1. The summed E-state index contributed by atoms with van der Waals surface area (Å²) in [6.45, 7) is 1.90.